The van der Waals surface area contributed by atoms with E-state index in [4.69, 9.17) is 0 Å². The summed E-state index contributed by atoms with van der Waals surface area (Å²) in [6, 6.07) is 6.51. The first-order valence-corrected chi connectivity index (χ1v) is 7.27. The Bertz CT molecular complexity index is 584. The largest absolute Gasteiger partial charge is 0.435 e. The zero-order chi connectivity index (χ0) is 15.4. The summed E-state index contributed by atoms with van der Waals surface area (Å²) in [4.78, 5) is 0. The van der Waals surface area contributed by atoms with Gasteiger partial charge in [0.05, 0.1) is 22.4 Å². The summed E-state index contributed by atoms with van der Waals surface area (Å²) in [5, 5.41) is 7.52. The lowest BCUT2D eigenvalue weighted by Gasteiger charge is -2.20. The summed E-state index contributed by atoms with van der Waals surface area (Å²) < 4.78 is 31.8. The molecule has 1 aromatic heterocycles. The van der Waals surface area contributed by atoms with Crippen molar-refractivity contribution in [3.8, 4) is 5.75 Å². The second-order valence-electron chi connectivity index (χ2n) is 4.44. The van der Waals surface area contributed by atoms with Crippen LogP contribution in [0, 0.1) is 0 Å². The summed E-state index contributed by atoms with van der Waals surface area (Å²) in [5.41, 5.74) is 1.75. The van der Waals surface area contributed by atoms with E-state index in [-0.39, 0.29) is 11.8 Å². The fourth-order valence-electron chi connectivity index (χ4n) is 2.19. The number of nitrogens with one attached hydrogen (secondary N) is 1. The average molecular weight is 360 g/mol. The third kappa shape index (κ3) is 3.79. The third-order valence-electron chi connectivity index (χ3n) is 3.04. The van der Waals surface area contributed by atoms with Gasteiger partial charge in [0.25, 0.3) is 0 Å². The Morgan fingerprint density at radius 3 is 2.76 bits per heavy atom. The molecule has 0 aliphatic rings. The van der Waals surface area contributed by atoms with Crippen LogP contribution in [0.4, 0.5) is 8.78 Å². The van der Waals surface area contributed by atoms with Crippen LogP contribution in [0.2, 0.25) is 0 Å². The first-order valence-electron chi connectivity index (χ1n) is 6.48. The molecule has 1 unspecified atom stereocenters. The fourth-order valence-corrected chi connectivity index (χ4v) is 2.77. The number of aromatic nitrogens is 2. The van der Waals surface area contributed by atoms with Crippen LogP contribution in [0.5, 0.6) is 5.75 Å². The van der Waals surface area contributed by atoms with Gasteiger partial charge in [0, 0.05) is 7.05 Å². The highest BCUT2D eigenvalue weighted by atomic mass is 79.9. The molecule has 0 bridgehead atoms. The van der Waals surface area contributed by atoms with Gasteiger partial charge in [-0.1, -0.05) is 19.1 Å². The molecule has 0 aliphatic heterocycles. The molecule has 2 aromatic rings. The summed E-state index contributed by atoms with van der Waals surface area (Å²) in [6.45, 7) is -0.125. The highest BCUT2D eigenvalue weighted by Gasteiger charge is 2.20. The molecule has 1 N–H and O–H groups in total. The number of aryl methyl sites for hydroxylation is 1. The molecule has 2 rings (SSSR count). The van der Waals surface area contributed by atoms with Crippen molar-refractivity contribution in [3.63, 3.8) is 0 Å². The van der Waals surface area contributed by atoms with Gasteiger partial charge in [-0.05, 0) is 40.2 Å². The number of nitrogens with zero attached hydrogens (tertiary/aromatic N) is 2. The maximum absolute atomic E-state index is 12.3. The second kappa shape index (κ2) is 7.00. The Morgan fingerprint density at radius 2 is 2.19 bits per heavy atom. The molecule has 0 radical (unpaired) electrons. The Balaban J connectivity index is 2.39. The standard InChI is InChI=1S/C14H16BrF2N3O/c1-3-18-12(13-11(15)8-19-20(13)2)9-5-4-6-10(7-9)21-14(16)17/h4-8,12,14,18H,3H2,1-2H3. The summed E-state index contributed by atoms with van der Waals surface area (Å²) in [6.07, 6.45) is 1.71. The minimum Gasteiger partial charge on any atom is -0.435 e. The molecule has 1 heterocycles. The lowest BCUT2D eigenvalue weighted by molar-refractivity contribution is -0.0498. The monoisotopic (exact) mass is 359 g/mol. The molecule has 1 aromatic carbocycles. The van der Waals surface area contributed by atoms with Crippen LogP contribution in [0.3, 0.4) is 0 Å². The molecule has 7 heteroatoms. The number of benzene rings is 1. The Kier molecular flexibility index (Phi) is 5.30. The molecular weight excluding hydrogens is 344 g/mol. The van der Waals surface area contributed by atoms with Crippen LogP contribution in [-0.2, 0) is 7.05 Å². The molecule has 114 valence electrons. The Labute approximate surface area is 130 Å². The van der Waals surface area contributed by atoms with Gasteiger partial charge in [0.15, 0.2) is 0 Å². The van der Waals surface area contributed by atoms with Crippen molar-refractivity contribution in [2.24, 2.45) is 7.05 Å². The molecule has 4 nitrogen and oxygen atoms in total. The predicted molar refractivity (Wildman–Crippen MR) is 79.5 cm³/mol. The van der Waals surface area contributed by atoms with Crippen LogP contribution in [-0.4, -0.2) is 22.9 Å². The Morgan fingerprint density at radius 1 is 1.43 bits per heavy atom. The van der Waals surface area contributed by atoms with E-state index in [1.807, 2.05) is 20.0 Å². The first kappa shape index (κ1) is 15.9. The lowest BCUT2D eigenvalue weighted by atomic mass is 10.0. The van der Waals surface area contributed by atoms with Gasteiger partial charge in [-0.3, -0.25) is 4.68 Å². The number of hydrogen-bond donors (Lipinski definition) is 1. The number of ether oxygens (including phenoxy) is 1. The van der Waals surface area contributed by atoms with Gasteiger partial charge in [-0.15, -0.1) is 0 Å². The molecule has 0 fully saturated rings. The average Bonchev–Trinajstić information content (AvgIpc) is 2.75. The smallest absolute Gasteiger partial charge is 0.387 e. The highest BCUT2D eigenvalue weighted by Crippen LogP contribution is 2.30. The van der Waals surface area contributed by atoms with Gasteiger partial charge in [0.1, 0.15) is 5.75 Å². The molecule has 21 heavy (non-hydrogen) atoms. The third-order valence-corrected chi connectivity index (χ3v) is 3.65. The molecule has 0 spiro atoms. The Hall–Kier alpha value is -1.47. The van der Waals surface area contributed by atoms with Crippen molar-refractivity contribution in [3.05, 3.63) is 46.2 Å². The SMILES string of the molecule is CCNC(c1cccc(OC(F)F)c1)c1c(Br)cnn1C. The second-order valence-corrected chi connectivity index (χ2v) is 5.30. The van der Waals surface area contributed by atoms with Crippen LogP contribution in [0.25, 0.3) is 0 Å². The first-order chi connectivity index (χ1) is 10.0. The van der Waals surface area contributed by atoms with Crippen LogP contribution in [0.15, 0.2) is 34.9 Å². The summed E-state index contributed by atoms with van der Waals surface area (Å²) in [7, 11) is 1.84. The summed E-state index contributed by atoms with van der Waals surface area (Å²) in [5.74, 6) is 0.142. The van der Waals surface area contributed by atoms with Gasteiger partial charge >= 0.3 is 6.61 Å². The zero-order valence-corrected chi connectivity index (χ0v) is 13.3. The van der Waals surface area contributed by atoms with E-state index in [9.17, 15) is 8.78 Å². The topological polar surface area (TPSA) is 39.1 Å². The maximum atomic E-state index is 12.3. The van der Waals surface area contributed by atoms with Gasteiger partial charge in [0.2, 0.25) is 0 Å². The zero-order valence-electron chi connectivity index (χ0n) is 11.7. The number of halogens is 3. The molecule has 0 amide bonds. The van der Waals surface area contributed by atoms with Crippen LogP contribution >= 0.6 is 15.9 Å². The van der Waals surface area contributed by atoms with Crippen LogP contribution in [0.1, 0.15) is 24.2 Å². The molecule has 0 saturated carbocycles. The number of rotatable bonds is 6. The maximum Gasteiger partial charge on any atom is 0.387 e. The molecule has 1 atom stereocenters. The van der Waals surface area contributed by atoms with E-state index in [2.05, 4.69) is 31.1 Å². The van der Waals surface area contributed by atoms with E-state index in [1.54, 1.807) is 23.0 Å². The minimum atomic E-state index is -2.83. The van der Waals surface area contributed by atoms with Crippen molar-refractivity contribution in [1.29, 1.82) is 0 Å². The normalized spacial score (nSPS) is 12.7. The lowest BCUT2D eigenvalue weighted by Crippen LogP contribution is -2.24. The van der Waals surface area contributed by atoms with Gasteiger partial charge in [-0.25, -0.2) is 0 Å². The van der Waals surface area contributed by atoms with Crippen molar-refractivity contribution in [2.45, 2.75) is 19.6 Å². The fraction of sp³-hybridized carbons (Fsp3) is 0.357. The van der Waals surface area contributed by atoms with Crippen molar-refractivity contribution in [1.82, 2.24) is 15.1 Å². The van der Waals surface area contributed by atoms with Crippen molar-refractivity contribution in [2.75, 3.05) is 6.54 Å². The van der Waals surface area contributed by atoms with E-state index >= 15 is 0 Å². The summed E-state index contributed by atoms with van der Waals surface area (Å²) >= 11 is 3.47. The van der Waals surface area contributed by atoms with E-state index in [1.165, 1.54) is 6.07 Å². The molecule has 0 aliphatic carbocycles. The van der Waals surface area contributed by atoms with Crippen molar-refractivity contribution >= 4 is 15.9 Å². The van der Waals surface area contributed by atoms with Gasteiger partial charge < -0.3 is 10.1 Å². The predicted octanol–water partition coefficient (Wildman–Crippen LogP) is 3.48. The van der Waals surface area contributed by atoms with Gasteiger partial charge in [-0.2, -0.15) is 13.9 Å². The van der Waals surface area contributed by atoms with E-state index in [0.717, 1.165) is 22.3 Å². The molecule has 0 saturated heterocycles. The van der Waals surface area contributed by atoms with E-state index < -0.39 is 6.61 Å². The van der Waals surface area contributed by atoms with Crippen LogP contribution < -0.4 is 10.1 Å². The quantitative estimate of drug-likeness (QED) is 0.857. The number of alkyl halides is 2. The van der Waals surface area contributed by atoms with Crippen molar-refractivity contribution < 1.29 is 13.5 Å². The number of hydrogen-bond acceptors (Lipinski definition) is 3. The minimum absolute atomic E-state index is 0.142. The van der Waals surface area contributed by atoms with E-state index in [0.29, 0.717) is 0 Å². The molecular formula is C14H16BrF2N3O. The highest BCUT2D eigenvalue weighted by molar-refractivity contribution is 9.10.